The van der Waals surface area contributed by atoms with Crippen LogP contribution >= 0.6 is 0 Å². The molecular formula is C17H20FNO2. The van der Waals surface area contributed by atoms with Crippen molar-refractivity contribution in [2.75, 3.05) is 13.2 Å². The van der Waals surface area contributed by atoms with Crippen LogP contribution < -0.4 is 10.5 Å². The van der Waals surface area contributed by atoms with Gasteiger partial charge in [0.25, 0.3) is 0 Å². The molecular weight excluding hydrogens is 269 g/mol. The first kappa shape index (κ1) is 15.5. The second-order valence-corrected chi connectivity index (χ2v) is 4.81. The molecule has 0 aliphatic heterocycles. The highest BCUT2D eigenvalue weighted by atomic mass is 19.1. The monoisotopic (exact) mass is 289 g/mol. The number of halogens is 1. The lowest BCUT2D eigenvalue weighted by Gasteiger charge is -2.23. The molecule has 0 saturated carbocycles. The molecule has 2 aromatic carbocycles. The van der Waals surface area contributed by atoms with E-state index in [0.29, 0.717) is 6.61 Å². The molecule has 2 rings (SSSR count). The Morgan fingerprint density at radius 3 is 2.38 bits per heavy atom. The molecule has 0 aliphatic rings. The van der Waals surface area contributed by atoms with Crippen molar-refractivity contribution in [3.63, 3.8) is 0 Å². The van der Waals surface area contributed by atoms with Gasteiger partial charge in [0.1, 0.15) is 11.6 Å². The molecule has 2 unspecified atom stereocenters. The van der Waals surface area contributed by atoms with Gasteiger partial charge in [-0.05, 0) is 30.7 Å². The highest BCUT2D eigenvalue weighted by Gasteiger charge is 2.23. The molecule has 0 aromatic heterocycles. The van der Waals surface area contributed by atoms with Crippen molar-refractivity contribution in [1.82, 2.24) is 0 Å². The fourth-order valence-electron chi connectivity index (χ4n) is 2.36. The zero-order chi connectivity index (χ0) is 15.2. The molecule has 0 spiro atoms. The molecule has 112 valence electrons. The summed E-state index contributed by atoms with van der Waals surface area (Å²) in [5, 5.41) is 10.4. The molecule has 0 aliphatic carbocycles. The van der Waals surface area contributed by atoms with E-state index in [-0.39, 0.29) is 18.0 Å². The van der Waals surface area contributed by atoms with E-state index in [0.717, 1.165) is 11.3 Å². The number of hydrogen-bond acceptors (Lipinski definition) is 3. The smallest absolute Gasteiger partial charge is 0.129 e. The number of benzene rings is 2. The number of ether oxygens (including phenoxy) is 1. The van der Waals surface area contributed by atoms with Gasteiger partial charge in [0.05, 0.1) is 12.7 Å². The largest absolute Gasteiger partial charge is 0.494 e. The topological polar surface area (TPSA) is 55.5 Å². The molecule has 0 fully saturated rings. The van der Waals surface area contributed by atoms with E-state index in [9.17, 15) is 9.50 Å². The number of rotatable bonds is 6. The lowest BCUT2D eigenvalue weighted by atomic mass is 9.89. The van der Waals surface area contributed by atoms with Gasteiger partial charge >= 0.3 is 0 Å². The van der Waals surface area contributed by atoms with Crippen molar-refractivity contribution in [3.8, 4) is 5.75 Å². The number of aliphatic hydroxyl groups excluding tert-OH is 1. The number of nitrogens with two attached hydrogens (primary N) is 1. The van der Waals surface area contributed by atoms with Gasteiger partial charge in [-0.15, -0.1) is 0 Å². The van der Waals surface area contributed by atoms with Crippen molar-refractivity contribution in [2.24, 2.45) is 5.73 Å². The van der Waals surface area contributed by atoms with Gasteiger partial charge in [0, 0.05) is 18.0 Å². The van der Waals surface area contributed by atoms with Crippen molar-refractivity contribution < 1.29 is 14.2 Å². The molecule has 3 nitrogen and oxygen atoms in total. The zero-order valence-corrected chi connectivity index (χ0v) is 12.0. The quantitative estimate of drug-likeness (QED) is 0.859. The Balaban J connectivity index is 2.24. The molecule has 2 atom stereocenters. The summed E-state index contributed by atoms with van der Waals surface area (Å²) in [7, 11) is 0. The van der Waals surface area contributed by atoms with Gasteiger partial charge in [-0.25, -0.2) is 4.39 Å². The third-order valence-electron chi connectivity index (χ3n) is 3.48. The number of hydrogen-bond donors (Lipinski definition) is 2. The maximum atomic E-state index is 13.8. The molecule has 0 amide bonds. The first-order valence-electron chi connectivity index (χ1n) is 7.02. The fourth-order valence-corrected chi connectivity index (χ4v) is 2.36. The normalized spacial score (nSPS) is 13.7. The minimum absolute atomic E-state index is 0.226. The summed E-state index contributed by atoms with van der Waals surface area (Å²) >= 11 is 0. The highest BCUT2D eigenvalue weighted by Crippen LogP contribution is 2.32. The Bertz CT molecular complexity index is 571. The van der Waals surface area contributed by atoms with Crippen molar-refractivity contribution in [3.05, 3.63) is 65.5 Å². The Hall–Kier alpha value is -1.91. The maximum absolute atomic E-state index is 13.8. The molecule has 0 radical (unpaired) electrons. The summed E-state index contributed by atoms with van der Waals surface area (Å²) in [6, 6.07) is 13.6. The highest BCUT2D eigenvalue weighted by molar-refractivity contribution is 5.32. The first-order valence-corrected chi connectivity index (χ1v) is 7.02. The molecule has 4 heteroatoms. The van der Waals surface area contributed by atoms with Crippen molar-refractivity contribution in [1.29, 1.82) is 0 Å². The van der Waals surface area contributed by atoms with E-state index in [4.69, 9.17) is 10.5 Å². The lowest BCUT2D eigenvalue weighted by molar-refractivity contribution is 0.143. The van der Waals surface area contributed by atoms with Crippen molar-refractivity contribution in [2.45, 2.75) is 18.9 Å². The standard InChI is InChI=1S/C17H20FNO2/c1-2-21-13-9-7-12(8-10-13)15(11-19)17(20)14-5-3-4-6-16(14)18/h3-10,15,17,20H,2,11,19H2,1H3. The maximum Gasteiger partial charge on any atom is 0.129 e. The van der Waals surface area contributed by atoms with Crippen LogP contribution in [0.1, 0.15) is 30.1 Å². The van der Waals surface area contributed by atoms with Gasteiger partial charge in [0.2, 0.25) is 0 Å². The van der Waals surface area contributed by atoms with E-state index in [1.165, 1.54) is 6.07 Å². The minimum atomic E-state index is -0.978. The summed E-state index contributed by atoms with van der Waals surface area (Å²) in [4.78, 5) is 0. The Morgan fingerprint density at radius 1 is 1.14 bits per heavy atom. The zero-order valence-electron chi connectivity index (χ0n) is 12.0. The molecule has 2 aromatic rings. The van der Waals surface area contributed by atoms with E-state index in [1.807, 2.05) is 31.2 Å². The van der Waals surface area contributed by atoms with Crippen LogP contribution in [0.25, 0.3) is 0 Å². The lowest BCUT2D eigenvalue weighted by Crippen LogP contribution is -2.21. The molecule has 3 N–H and O–H groups in total. The molecule has 0 heterocycles. The fraction of sp³-hybridized carbons (Fsp3) is 0.294. The summed E-state index contributed by atoms with van der Waals surface area (Å²) in [6.45, 7) is 2.74. The third kappa shape index (κ3) is 3.60. The average Bonchev–Trinajstić information content (AvgIpc) is 2.50. The Labute approximate surface area is 124 Å². The van der Waals surface area contributed by atoms with Crippen LogP contribution in [0.4, 0.5) is 4.39 Å². The van der Waals surface area contributed by atoms with Gasteiger partial charge in [0.15, 0.2) is 0 Å². The summed E-state index contributed by atoms with van der Waals surface area (Å²) in [5.41, 5.74) is 6.90. The third-order valence-corrected chi connectivity index (χ3v) is 3.48. The molecule has 0 bridgehead atoms. The van der Waals surface area contributed by atoms with Crippen LogP contribution in [0.2, 0.25) is 0 Å². The van der Waals surface area contributed by atoms with Gasteiger partial charge in [-0.3, -0.25) is 0 Å². The summed E-state index contributed by atoms with van der Waals surface area (Å²) < 4.78 is 19.2. The van der Waals surface area contributed by atoms with Crippen molar-refractivity contribution >= 4 is 0 Å². The predicted molar refractivity (Wildman–Crippen MR) is 80.8 cm³/mol. The minimum Gasteiger partial charge on any atom is -0.494 e. The van der Waals surface area contributed by atoms with Crippen LogP contribution in [-0.2, 0) is 0 Å². The predicted octanol–water partition coefficient (Wildman–Crippen LogP) is 3.00. The van der Waals surface area contributed by atoms with Gasteiger partial charge in [-0.1, -0.05) is 30.3 Å². The van der Waals surface area contributed by atoms with E-state index < -0.39 is 11.9 Å². The van der Waals surface area contributed by atoms with E-state index >= 15 is 0 Å². The second-order valence-electron chi connectivity index (χ2n) is 4.81. The molecule has 0 saturated heterocycles. The summed E-state index contributed by atoms with van der Waals surface area (Å²) in [5.74, 6) is -0.0237. The SMILES string of the molecule is CCOc1ccc(C(CN)C(O)c2ccccc2F)cc1. The van der Waals surface area contributed by atoms with Crippen LogP contribution in [0.3, 0.4) is 0 Å². The average molecular weight is 289 g/mol. The van der Waals surface area contributed by atoms with E-state index in [1.54, 1.807) is 18.2 Å². The Morgan fingerprint density at radius 2 is 1.81 bits per heavy atom. The summed E-state index contributed by atoms with van der Waals surface area (Å²) in [6.07, 6.45) is -0.978. The van der Waals surface area contributed by atoms with E-state index in [2.05, 4.69) is 0 Å². The van der Waals surface area contributed by atoms with Crippen LogP contribution in [0.15, 0.2) is 48.5 Å². The second kappa shape index (κ2) is 7.20. The van der Waals surface area contributed by atoms with Gasteiger partial charge < -0.3 is 15.6 Å². The van der Waals surface area contributed by atoms with Gasteiger partial charge in [-0.2, -0.15) is 0 Å². The van der Waals surface area contributed by atoms with Crippen LogP contribution in [0, 0.1) is 5.82 Å². The van der Waals surface area contributed by atoms with Crippen LogP contribution in [-0.4, -0.2) is 18.3 Å². The Kier molecular flexibility index (Phi) is 5.31. The number of aliphatic hydroxyl groups is 1. The first-order chi connectivity index (χ1) is 10.2. The molecule has 21 heavy (non-hydrogen) atoms. The van der Waals surface area contributed by atoms with Crippen LogP contribution in [0.5, 0.6) is 5.75 Å².